The van der Waals surface area contributed by atoms with Gasteiger partial charge < -0.3 is 19.5 Å². The van der Waals surface area contributed by atoms with Gasteiger partial charge >= 0.3 is 0 Å². The summed E-state index contributed by atoms with van der Waals surface area (Å²) in [4.78, 5) is 34.4. The largest absolute Gasteiger partial charge is 0.385 e. The third-order valence-electron chi connectivity index (χ3n) is 7.80. The maximum absolute atomic E-state index is 13.9. The number of aromatic amines is 1. The molecule has 6 nitrogen and oxygen atoms in total. The fraction of sp³-hybridized carbons (Fsp3) is 0.389. The van der Waals surface area contributed by atoms with Crippen LogP contribution in [0.3, 0.4) is 0 Å². The molecule has 0 aliphatic rings. The summed E-state index contributed by atoms with van der Waals surface area (Å²) in [5.41, 5.74) is 5.20. The highest BCUT2D eigenvalue weighted by Crippen LogP contribution is 2.19. The average molecular weight is 568 g/mol. The van der Waals surface area contributed by atoms with Crippen LogP contribution in [0.4, 0.5) is 0 Å². The molecule has 6 heteroatoms. The van der Waals surface area contributed by atoms with E-state index in [9.17, 15) is 9.59 Å². The molecule has 0 aliphatic heterocycles. The van der Waals surface area contributed by atoms with Crippen LogP contribution in [0.5, 0.6) is 0 Å². The number of benzene rings is 3. The molecule has 0 saturated carbocycles. The van der Waals surface area contributed by atoms with Gasteiger partial charge in [0.2, 0.25) is 5.91 Å². The smallest absolute Gasteiger partial charge is 0.254 e. The van der Waals surface area contributed by atoms with Gasteiger partial charge in [0.05, 0.1) is 0 Å². The van der Waals surface area contributed by atoms with Crippen molar-refractivity contribution in [1.82, 2.24) is 14.8 Å². The van der Waals surface area contributed by atoms with Crippen LogP contribution >= 0.6 is 0 Å². The number of hydrogen-bond donors (Lipinski definition) is 1. The number of carbonyl (C=O) groups is 2. The Balaban J connectivity index is 1.47. The highest BCUT2D eigenvalue weighted by atomic mass is 16.5. The number of nitrogens with zero attached hydrogens (tertiary/aromatic N) is 2. The number of amides is 2. The Bertz CT molecular complexity index is 1380. The van der Waals surface area contributed by atoms with E-state index in [-0.39, 0.29) is 18.4 Å². The zero-order chi connectivity index (χ0) is 29.6. The zero-order valence-electron chi connectivity index (χ0n) is 25.2. The van der Waals surface area contributed by atoms with E-state index in [2.05, 4.69) is 36.2 Å². The number of fused-ring (bicyclic) bond motifs is 1. The predicted molar refractivity (Wildman–Crippen MR) is 171 cm³/mol. The Hall–Kier alpha value is -3.90. The summed E-state index contributed by atoms with van der Waals surface area (Å²) in [6.07, 6.45) is 9.31. The Morgan fingerprint density at radius 1 is 0.762 bits per heavy atom. The van der Waals surface area contributed by atoms with Crippen LogP contribution < -0.4 is 0 Å². The van der Waals surface area contributed by atoms with Crippen molar-refractivity contribution in [2.24, 2.45) is 0 Å². The van der Waals surface area contributed by atoms with Gasteiger partial charge in [-0.1, -0.05) is 86.8 Å². The van der Waals surface area contributed by atoms with E-state index in [0.29, 0.717) is 38.2 Å². The van der Waals surface area contributed by atoms with Gasteiger partial charge in [0.15, 0.2) is 0 Å². The minimum Gasteiger partial charge on any atom is -0.385 e. The highest BCUT2D eigenvalue weighted by molar-refractivity contribution is 5.96. The quantitative estimate of drug-likeness (QED) is 0.139. The van der Waals surface area contributed by atoms with Crippen LogP contribution in [-0.4, -0.2) is 59.9 Å². The molecule has 0 bridgehead atoms. The summed E-state index contributed by atoms with van der Waals surface area (Å²) in [5.74, 6) is -0.176. The topological polar surface area (TPSA) is 65.6 Å². The van der Waals surface area contributed by atoms with Crippen molar-refractivity contribution in [3.8, 4) is 0 Å². The van der Waals surface area contributed by atoms with Gasteiger partial charge in [-0.15, -0.1) is 0 Å². The number of hydrogen-bond acceptors (Lipinski definition) is 3. The molecular weight excluding hydrogens is 522 g/mol. The van der Waals surface area contributed by atoms with Crippen molar-refractivity contribution in [1.29, 1.82) is 0 Å². The number of carbonyl (C=O) groups excluding carboxylic acids is 2. The number of rotatable bonds is 17. The van der Waals surface area contributed by atoms with E-state index < -0.39 is 0 Å². The first-order valence-electron chi connectivity index (χ1n) is 15.3. The van der Waals surface area contributed by atoms with E-state index in [1.54, 1.807) is 12.0 Å². The van der Waals surface area contributed by atoms with E-state index in [1.807, 2.05) is 65.7 Å². The average Bonchev–Trinajstić information content (AvgIpc) is 3.44. The van der Waals surface area contributed by atoms with Crippen molar-refractivity contribution < 1.29 is 14.3 Å². The molecule has 42 heavy (non-hydrogen) atoms. The number of aromatic nitrogens is 1. The molecule has 0 aliphatic carbocycles. The minimum atomic E-state index is -0.117. The highest BCUT2D eigenvalue weighted by Gasteiger charge is 2.23. The summed E-state index contributed by atoms with van der Waals surface area (Å²) >= 11 is 0. The number of ether oxygens (including phenoxy) is 1. The van der Waals surface area contributed by atoms with Crippen molar-refractivity contribution >= 4 is 22.7 Å². The molecule has 0 radical (unpaired) electrons. The Kier molecular flexibility index (Phi) is 12.2. The van der Waals surface area contributed by atoms with E-state index >= 15 is 0 Å². The Labute approximate surface area is 250 Å². The monoisotopic (exact) mass is 567 g/mol. The normalized spacial score (nSPS) is 11.1. The number of aryl methyl sites for hydroxylation is 1. The first-order chi connectivity index (χ1) is 20.6. The molecular formula is C36H45N3O3. The maximum Gasteiger partial charge on any atom is 0.254 e. The summed E-state index contributed by atoms with van der Waals surface area (Å²) < 4.78 is 5.26. The van der Waals surface area contributed by atoms with Crippen molar-refractivity contribution in [3.63, 3.8) is 0 Å². The van der Waals surface area contributed by atoms with Crippen molar-refractivity contribution in [2.45, 2.75) is 58.4 Å². The van der Waals surface area contributed by atoms with Crippen LogP contribution in [0.25, 0.3) is 10.9 Å². The molecule has 3 aromatic carbocycles. The van der Waals surface area contributed by atoms with Crippen LogP contribution in [0.1, 0.15) is 66.1 Å². The molecule has 2 amide bonds. The second kappa shape index (κ2) is 16.5. The molecule has 1 heterocycles. The van der Waals surface area contributed by atoms with Gasteiger partial charge in [0.25, 0.3) is 5.91 Å². The first kappa shape index (κ1) is 31.0. The summed E-state index contributed by atoms with van der Waals surface area (Å²) in [5, 5.41) is 1.18. The van der Waals surface area contributed by atoms with Crippen LogP contribution in [-0.2, 0) is 28.9 Å². The van der Waals surface area contributed by atoms with E-state index in [1.165, 1.54) is 35.8 Å². The zero-order valence-corrected chi connectivity index (χ0v) is 25.2. The van der Waals surface area contributed by atoms with Gasteiger partial charge in [-0.25, -0.2) is 0 Å². The van der Waals surface area contributed by atoms with Gasteiger partial charge in [0, 0.05) is 56.0 Å². The van der Waals surface area contributed by atoms with Gasteiger partial charge in [-0.05, 0) is 60.6 Å². The molecule has 222 valence electrons. The van der Waals surface area contributed by atoms with Gasteiger partial charge in [-0.3, -0.25) is 9.59 Å². The number of H-pyrrole nitrogens is 1. The van der Waals surface area contributed by atoms with Crippen LogP contribution in [0, 0.1) is 0 Å². The molecule has 4 rings (SSSR count). The molecule has 0 unspecified atom stereocenters. The fourth-order valence-electron chi connectivity index (χ4n) is 5.36. The second-order valence-corrected chi connectivity index (χ2v) is 11.0. The molecule has 1 N–H and O–H groups in total. The molecule has 0 saturated heterocycles. The van der Waals surface area contributed by atoms with Crippen molar-refractivity contribution in [3.05, 3.63) is 107 Å². The van der Waals surface area contributed by atoms with Crippen molar-refractivity contribution in [2.75, 3.05) is 33.4 Å². The number of nitrogens with one attached hydrogen (secondary N) is 1. The fourth-order valence-corrected chi connectivity index (χ4v) is 5.36. The Morgan fingerprint density at radius 3 is 2.29 bits per heavy atom. The minimum absolute atomic E-state index is 0.0298. The summed E-state index contributed by atoms with van der Waals surface area (Å²) in [7, 11) is 1.66. The molecule has 0 atom stereocenters. The van der Waals surface area contributed by atoms with Crippen LogP contribution in [0.15, 0.2) is 85.1 Å². The third kappa shape index (κ3) is 9.05. The summed E-state index contributed by atoms with van der Waals surface area (Å²) in [6, 6.07) is 26.2. The standard InChI is InChI=1S/C36H45N3O3/c1-3-4-5-7-13-29-18-20-31(21-19-29)36(41)39(23-12-25-42-2)28-35(40)38(27-30-14-8-6-9-15-30)24-22-32-26-37-34-17-11-10-16-33(32)34/h6,8-11,14-21,26,37H,3-5,7,12-13,22-25,27-28H2,1-2H3. The lowest BCUT2D eigenvalue weighted by Gasteiger charge is -2.28. The SMILES string of the molecule is CCCCCCc1ccc(C(=O)N(CCCOC)CC(=O)N(CCc2c[nH]c3ccccc23)Cc2ccccc2)cc1. The number of unbranched alkanes of at least 4 members (excludes halogenated alkanes) is 3. The predicted octanol–water partition coefficient (Wildman–Crippen LogP) is 7.04. The van der Waals surface area contributed by atoms with E-state index in [0.717, 1.165) is 30.3 Å². The molecule has 0 spiro atoms. The molecule has 1 aromatic heterocycles. The van der Waals surface area contributed by atoms with Gasteiger partial charge in [-0.2, -0.15) is 0 Å². The number of para-hydroxylation sites is 1. The maximum atomic E-state index is 13.9. The Morgan fingerprint density at radius 2 is 1.52 bits per heavy atom. The second-order valence-electron chi connectivity index (χ2n) is 11.0. The van der Waals surface area contributed by atoms with Crippen LogP contribution in [0.2, 0.25) is 0 Å². The third-order valence-corrected chi connectivity index (χ3v) is 7.80. The summed E-state index contributed by atoms with van der Waals surface area (Å²) in [6.45, 7) is 4.29. The molecule has 4 aromatic rings. The lowest BCUT2D eigenvalue weighted by atomic mass is 10.0. The lowest BCUT2D eigenvalue weighted by molar-refractivity contribution is -0.132. The lowest BCUT2D eigenvalue weighted by Crippen LogP contribution is -2.44. The van der Waals surface area contributed by atoms with Gasteiger partial charge in [0.1, 0.15) is 6.54 Å². The number of methoxy groups -OCH3 is 1. The first-order valence-corrected chi connectivity index (χ1v) is 15.3. The van der Waals surface area contributed by atoms with E-state index in [4.69, 9.17) is 4.74 Å². The molecule has 0 fully saturated rings.